The van der Waals surface area contributed by atoms with E-state index in [1.807, 2.05) is 13.0 Å². The molecule has 0 aliphatic rings. The topological polar surface area (TPSA) is 76.1 Å². The van der Waals surface area contributed by atoms with Gasteiger partial charge in [-0.2, -0.15) is 0 Å². The second kappa shape index (κ2) is 7.89. The minimum Gasteiger partial charge on any atom is -0.383 e. The van der Waals surface area contributed by atoms with Gasteiger partial charge >= 0.3 is 0 Å². The molecule has 6 nitrogen and oxygen atoms in total. The Hall–Kier alpha value is -2.18. The summed E-state index contributed by atoms with van der Waals surface area (Å²) in [4.78, 5) is 20.8. The second-order valence-corrected chi connectivity index (χ2v) is 5.43. The Labute approximate surface area is 140 Å². The van der Waals surface area contributed by atoms with Crippen LogP contribution in [0.5, 0.6) is 0 Å². The molecular formula is C16H19ClN4O2. The van der Waals surface area contributed by atoms with E-state index in [-0.39, 0.29) is 11.6 Å². The average molecular weight is 335 g/mol. The van der Waals surface area contributed by atoms with Gasteiger partial charge in [0.05, 0.1) is 6.61 Å². The predicted molar refractivity (Wildman–Crippen MR) is 91.3 cm³/mol. The van der Waals surface area contributed by atoms with Crippen molar-refractivity contribution in [1.82, 2.24) is 9.97 Å². The van der Waals surface area contributed by atoms with E-state index in [2.05, 4.69) is 20.6 Å². The van der Waals surface area contributed by atoms with Gasteiger partial charge in [0.2, 0.25) is 0 Å². The minimum atomic E-state index is -0.315. The van der Waals surface area contributed by atoms with Gasteiger partial charge in [-0.05, 0) is 31.5 Å². The third-order valence-corrected chi connectivity index (χ3v) is 3.52. The lowest BCUT2D eigenvalue weighted by molar-refractivity contribution is 0.102. The van der Waals surface area contributed by atoms with E-state index in [9.17, 15) is 4.79 Å². The Kier molecular flexibility index (Phi) is 5.90. The van der Waals surface area contributed by atoms with Crippen LogP contribution in [0.3, 0.4) is 0 Å². The molecule has 0 aliphatic carbocycles. The third-order valence-electron chi connectivity index (χ3n) is 3.11. The number of hydrogen-bond donors (Lipinski definition) is 2. The molecule has 7 heteroatoms. The van der Waals surface area contributed by atoms with Crippen LogP contribution in [0.1, 0.15) is 21.9 Å². The average Bonchev–Trinajstić information content (AvgIpc) is 2.51. The summed E-state index contributed by atoms with van der Waals surface area (Å²) in [5.74, 6) is 0.784. The first-order chi connectivity index (χ1) is 11.0. The van der Waals surface area contributed by atoms with Crippen LogP contribution in [-0.4, -0.2) is 36.1 Å². The highest BCUT2D eigenvalue weighted by molar-refractivity contribution is 6.31. The normalized spacial score (nSPS) is 10.4. The maximum Gasteiger partial charge on any atom is 0.274 e. The Balaban J connectivity index is 2.13. The van der Waals surface area contributed by atoms with E-state index in [1.54, 1.807) is 32.2 Å². The van der Waals surface area contributed by atoms with Gasteiger partial charge in [0.1, 0.15) is 17.3 Å². The lowest BCUT2D eigenvalue weighted by Gasteiger charge is -2.09. The van der Waals surface area contributed by atoms with Crippen LogP contribution in [0.25, 0.3) is 0 Å². The predicted octanol–water partition coefficient (Wildman–Crippen LogP) is 3.06. The van der Waals surface area contributed by atoms with Crippen LogP contribution in [0.2, 0.25) is 5.02 Å². The molecule has 0 radical (unpaired) electrons. The van der Waals surface area contributed by atoms with Crippen LogP contribution in [0.4, 0.5) is 11.5 Å². The fourth-order valence-electron chi connectivity index (χ4n) is 1.92. The Morgan fingerprint density at radius 2 is 2.04 bits per heavy atom. The number of nitrogens with zero attached hydrogens (tertiary/aromatic N) is 2. The number of aryl methyl sites for hydroxylation is 2. The number of benzene rings is 1. The molecule has 0 atom stereocenters. The van der Waals surface area contributed by atoms with Gasteiger partial charge in [0.25, 0.3) is 5.91 Å². The molecule has 0 spiro atoms. The number of nitrogens with one attached hydrogen (secondary N) is 2. The van der Waals surface area contributed by atoms with Gasteiger partial charge in [-0.15, -0.1) is 0 Å². The number of amides is 1. The Bertz CT molecular complexity index is 706. The fraction of sp³-hybridized carbons (Fsp3) is 0.312. The van der Waals surface area contributed by atoms with Gasteiger partial charge in [-0.25, -0.2) is 9.97 Å². The molecule has 1 aromatic heterocycles. The third kappa shape index (κ3) is 4.91. The number of ether oxygens (including phenoxy) is 1. The number of hydrogen-bond acceptors (Lipinski definition) is 5. The number of rotatable bonds is 6. The zero-order chi connectivity index (χ0) is 16.8. The molecule has 23 heavy (non-hydrogen) atoms. The summed E-state index contributed by atoms with van der Waals surface area (Å²) in [6, 6.07) is 6.96. The van der Waals surface area contributed by atoms with E-state index >= 15 is 0 Å². The standard InChI is InChI=1S/C16H19ClN4O2/c1-10-4-5-12(8-13(10)17)21-16(22)14-9-15(18-6-7-23-3)20-11(2)19-14/h4-5,8-9H,6-7H2,1-3H3,(H,21,22)(H,18,19,20). The highest BCUT2D eigenvalue weighted by Gasteiger charge is 2.11. The molecule has 1 aromatic carbocycles. The molecule has 122 valence electrons. The second-order valence-electron chi connectivity index (χ2n) is 5.02. The summed E-state index contributed by atoms with van der Waals surface area (Å²) >= 11 is 6.07. The van der Waals surface area contributed by atoms with Gasteiger partial charge < -0.3 is 15.4 Å². The molecule has 0 unspecified atom stereocenters. The van der Waals surface area contributed by atoms with Crippen molar-refractivity contribution >= 4 is 29.0 Å². The summed E-state index contributed by atoms with van der Waals surface area (Å²) in [6.45, 7) is 4.79. The first-order valence-electron chi connectivity index (χ1n) is 7.15. The SMILES string of the molecule is COCCNc1cc(C(=O)Nc2ccc(C)c(Cl)c2)nc(C)n1. The molecule has 2 rings (SSSR count). The van der Waals surface area contributed by atoms with Crippen molar-refractivity contribution in [3.63, 3.8) is 0 Å². The van der Waals surface area contributed by atoms with Crippen LogP contribution in [0.15, 0.2) is 24.3 Å². The van der Waals surface area contributed by atoms with Gasteiger partial charge in [0.15, 0.2) is 0 Å². The summed E-state index contributed by atoms with van der Waals surface area (Å²) in [7, 11) is 1.62. The van der Waals surface area contributed by atoms with Crippen LogP contribution < -0.4 is 10.6 Å². The van der Waals surface area contributed by atoms with E-state index in [0.717, 1.165) is 5.56 Å². The first-order valence-corrected chi connectivity index (χ1v) is 7.53. The van der Waals surface area contributed by atoms with Crippen molar-refractivity contribution in [2.45, 2.75) is 13.8 Å². The van der Waals surface area contributed by atoms with Gasteiger partial charge in [-0.3, -0.25) is 4.79 Å². The molecule has 0 saturated heterocycles. The zero-order valence-electron chi connectivity index (χ0n) is 13.3. The van der Waals surface area contributed by atoms with Crippen LogP contribution in [0, 0.1) is 13.8 Å². The minimum absolute atomic E-state index is 0.286. The number of carbonyl (C=O) groups is 1. The zero-order valence-corrected chi connectivity index (χ0v) is 14.1. The van der Waals surface area contributed by atoms with Gasteiger partial charge in [-0.1, -0.05) is 17.7 Å². The summed E-state index contributed by atoms with van der Waals surface area (Å²) < 4.78 is 4.97. The Morgan fingerprint density at radius 3 is 2.74 bits per heavy atom. The molecule has 0 aliphatic heterocycles. The molecule has 0 saturated carbocycles. The van der Waals surface area contributed by atoms with E-state index < -0.39 is 0 Å². The monoisotopic (exact) mass is 334 g/mol. The lowest BCUT2D eigenvalue weighted by Crippen LogP contribution is -2.16. The quantitative estimate of drug-likeness (QED) is 0.794. The number of methoxy groups -OCH3 is 1. The maximum atomic E-state index is 12.3. The van der Waals surface area contributed by atoms with Crippen molar-refractivity contribution < 1.29 is 9.53 Å². The number of anilines is 2. The molecular weight excluding hydrogens is 316 g/mol. The van der Waals surface area contributed by atoms with Crippen LogP contribution >= 0.6 is 11.6 Å². The fourth-order valence-corrected chi connectivity index (χ4v) is 2.10. The van der Waals surface area contributed by atoms with E-state index in [4.69, 9.17) is 16.3 Å². The molecule has 1 heterocycles. The molecule has 2 aromatic rings. The number of aromatic nitrogens is 2. The van der Waals surface area contributed by atoms with Crippen molar-refractivity contribution in [3.8, 4) is 0 Å². The van der Waals surface area contributed by atoms with Crippen molar-refractivity contribution in [1.29, 1.82) is 0 Å². The van der Waals surface area contributed by atoms with Crippen molar-refractivity contribution in [3.05, 3.63) is 46.4 Å². The summed E-state index contributed by atoms with van der Waals surface area (Å²) in [5, 5.41) is 6.47. The number of carbonyl (C=O) groups excluding carboxylic acids is 1. The first kappa shape index (κ1) is 17.2. The maximum absolute atomic E-state index is 12.3. The lowest BCUT2D eigenvalue weighted by atomic mass is 10.2. The molecule has 1 amide bonds. The van der Waals surface area contributed by atoms with Gasteiger partial charge in [0, 0.05) is 30.4 Å². The molecule has 2 N–H and O–H groups in total. The van der Waals surface area contributed by atoms with Crippen molar-refractivity contribution in [2.24, 2.45) is 0 Å². The smallest absolute Gasteiger partial charge is 0.274 e. The summed E-state index contributed by atoms with van der Waals surface area (Å²) in [6.07, 6.45) is 0. The van der Waals surface area contributed by atoms with Crippen LogP contribution in [-0.2, 0) is 4.74 Å². The van der Waals surface area contributed by atoms with Crippen molar-refractivity contribution in [2.75, 3.05) is 30.9 Å². The molecule has 0 bridgehead atoms. The highest BCUT2D eigenvalue weighted by Crippen LogP contribution is 2.20. The van der Waals surface area contributed by atoms with E-state index in [0.29, 0.717) is 35.5 Å². The Morgan fingerprint density at radius 1 is 1.26 bits per heavy atom. The summed E-state index contributed by atoms with van der Waals surface area (Å²) in [5.41, 5.74) is 1.86. The highest BCUT2D eigenvalue weighted by atomic mass is 35.5. The number of halogens is 1. The largest absolute Gasteiger partial charge is 0.383 e. The molecule has 0 fully saturated rings. The van der Waals surface area contributed by atoms with E-state index in [1.165, 1.54) is 0 Å².